The summed E-state index contributed by atoms with van der Waals surface area (Å²) in [5, 5.41) is 3.62. The molecule has 1 aromatic carbocycles. The molecule has 5 heteroatoms. The van der Waals surface area contributed by atoms with Crippen molar-refractivity contribution < 1.29 is 4.74 Å². The molecule has 3 fully saturated rings. The highest BCUT2D eigenvalue weighted by Crippen LogP contribution is 2.43. The van der Waals surface area contributed by atoms with Crippen LogP contribution in [0.2, 0.25) is 0 Å². The van der Waals surface area contributed by atoms with Crippen LogP contribution in [0.5, 0.6) is 0 Å². The van der Waals surface area contributed by atoms with Gasteiger partial charge in [0.25, 0.3) is 0 Å². The van der Waals surface area contributed by atoms with Crippen LogP contribution < -0.4 is 5.32 Å². The fourth-order valence-electron chi connectivity index (χ4n) is 6.05. The molecule has 0 bridgehead atoms. The van der Waals surface area contributed by atoms with Crippen LogP contribution in [0, 0.1) is 11.3 Å². The SMILES string of the molecule is c1ccc(C2(c3cn4ccccc4n3)CCN(C[C@]34CNC[C@H]3COC4)CC2)cc1. The molecule has 2 atom stereocenters. The number of imidazole rings is 1. The standard InChI is InChI=1S/C25H30N4O/c1-2-6-20(7-3-1)25(22-15-29-11-5-4-8-23(29)27-22)9-12-28(13-10-25)18-24-17-26-14-21(24)16-30-19-24/h1-8,11,15,21,26H,9-10,12-14,16-19H2/t21-,24-/m0/s1. The minimum atomic E-state index is -0.0129. The minimum absolute atomic E-state index is 0.0129. The molecule has 0 saturated carbocycles. The molecule has 3 aliphatic rings. The van der Waals surface area contributed by atoms with E-state index in [0.717, 1.165) is 64.4 Å². The maximum atomic E-state index is 5.89. The number of benzene rings is 1. The third kappa shape index (κ3) is 2.91. The number of ether oxygens (including phenoxy) is 1. The lowest BCUT2D eigenvalue weighted by molar-refractivity contribution is 0.0880. The van der Waals surface area contributed by atoms with Gasteiger partial charge in [0, 0.05) is 48.8 Å². The molecule has 3 saturated heterocycles. The number of aromatic nitrogens is 2. The Bertz CT molecular complexity index is 979. The van der Waals surface area contributed by atoms with Gasteiger partial charge in [0.05, 0.1) is 18.9 Å². The molecule has 30 heavy (non-hydrogen) atoms. The highest BCUT2D eigenvalue weighted by atomic mass is 16.5. The van der Waals surface area contributed by atoms with Crippen LogP contribution in [0.3, 0.4) is 0 Å². The number of hydrogen-bond acceptors (Lipinski definition) is 4. The van der Waals surface area contributed by atoms with Gasteiger partial charge in [-0.05, 0) is 43.6 Å². The van der Waals surface area contributed by atoms with Crippen molar-refractivity contribution >= 4 is 5.65 Å². The fourth-order valence-corrected chi connectivity index (χ4v) is 6.05. The first-order valence-corrected chi connectivity index (χ1v) is 11.3. The highest BCUT2D eigenvalue weighted by molar-refractivity contribution is 5.45. The van der Waals surface area contributed by atoms with Crippen molar-refractivity contribution in [1.29, 1.82) is 0 Å². The number of rotatable bonds is 4. The van der Waals surface area contributed by atoms with Gasteiger partial charge in [-0.1, -0.05) is 36.4 Å². The Kier molecular flexibility index (Phi) is 4.44. The van der Waals surface area contributed by atoms with Crippen molar-refractivity contribution in [3.05, 3.63) is 72.2 Å². The van der Waals surface area contributed by atoms with E-state index in [1.165, 1.54) is 11.3 Å². The number of hydrogen-bond donors (Lipinski definition) is 1. The quantitative estimate of drug-likeness (QED) is 0.729. The second kappa shape index (κ2) is 7.19. The van der Waals surface area contributed by atoms with E-state index >= 15 is 0 Å². The molecule has 3 aliphatic heterocycles. The average Bonchev–Trinajstić information content (AvgIpc) is 3.49. The molecule has 5 heterocycles. The summed E-state index contributed by atoms with van der Waals surface area (Å²) in [4.78, 5) is 7.77. The number of likely N-dealkylation sites (tertiary alicyclic amines) is 1. The molecule has 0 radical (unpaired) electrons. The summed E-state index contributed by atoms with van der Waals surface area (Å²) < 4.78 is 8.05. The molecule has 3 aromatic rings. The summed E-state index contributed by atoms with van der Waals surface area (Å²) in [6, 6.07) is 17.3. The Morgan fingerprint density at radius 1 is 1.07 bits per heavy atom. The fraction of sp³-hybridized carbons (Fsp3) is 0.480. The largest absolute Gasteiger partial charge is 0.380 e. The van der Waals surface area contributed by atoms with Crippen molar-refractivity contribution in [2.45, 2.75) is 18.3 Å². The number of fused-ring (bicyclic) bond motifs is 2. The van der Waals surface area contributed by atoms with Gasteiger partial charge in [-0.3, -0.25) is 0 Å². The van der Waals surface area contributed by atoms with E-state index < -0.39 is 0 Å². The monoisotopic (exact) mass is 402 g/mol. The maximum absolute atomic E-state index is 5.89. The molecule has 5 nitrogen and oxygen atoms in total. The van der Waals surface area contributed by atoms with Gasteiger partial charge in [0.1, 0.15) is 5.65 Å². The zero-order chi connectivity index (χ0) is 20.0. The van der Waals surface area contributed by atoms with E-state index in [1.54, 1.807) is 0 Å². The Balaban J connectivity index is 1.30. The zero-order valence-electron chi connectivity index (χ0n) is 17.5. The van der Waals surface area contributed by atoms with Gasteiger partial charge < -0.3 is 19.4 Å². The van der Waals surface area contributed by atoms with Gasteiger partial charge in [-0.2, -0.15) is 0 Å². The van der Waals surface area contributed by atoms with E-state index in [2.05, 4.69) is 75.5 Å². The molecule has 0 spiro atoms. The predicted molar refractivity (Wildman–Crippen MR) is 118 cm³/mol. The minimum Gasteiger partial charge on any atom is -0.380 e. The predicted octanol–water partition coefficient (Wildman–Crippen LogP) is 2.95. The van der Waals surface area contributed by atoms with Crippen molar-refractivity contribution in [3.63, 3.8) is 0 Å². The Labute approximate surface area is 178 Å². The normalized spacial score (nSPS) is 28.7. The van der Waals surface area contributed by atoms with Crippen LogP contribution in [-0.4, -0.2) is 60.2 Å². The van der Waals surface area contributed by atoms with Gasteiger partial charge in [-0.15, -0.1) is 0 Å². The van der Waals surface area contributed by atoms with Gasteiger partial charge >= 0.3 is 0 Å². The lowest BCUT2D eigenvalue weighted by Crippen LogP contribution is -2.49. The average molecular weight is 403 g/mol. The van der Waals surface area contributed by atoms with Crippen LogP contribution in [-0.2, 0) is 10.2 Å². The molecule has 1 N–H and O–H groups in total. The smallest absolute Gasteiger partial charge is 0.137 e. The number of nitrogens with zero attached hydrogens (tertiary/aromatic N) is 3. The first-order valence-electron chi connectivity index (χ1n) is 11.3. The van der Waals surface area contributed by atoms with Crippen molar-refractivity contribution in [1.82, 2.24) is 19.6 Å². The van der Waals surface area contributed by atoms with Gasteiger partial charge in [0.2, 0.25) is 0 Å². The number of pyridine rings is 1. The lowest BCUT2D eigenvalue weighted by atomic mass is 9.70. The zero-order valence-corrected chi connectivity index (χ0v) is 17.5. The van der Waals surface area contributed by atoms with Crippen molar-refractivity contribution in [3.8, 4) is 0 Å². The molecule has 0 aliphatic carbocycles. The van der Waals surface area contributed by atoms with E-state index in [1.807, 2.05) is 0 Å². The highest BCUT2D eigenvalue weighted by Gasteiger charge is 2.49. The van der Waals surface area contributed by atoms with Gasteiger partial charge in [0.15, 0.2) is 0 Å². The van der Waals surface area contributed by atoms with E-state index in [9.17, 15) is 0 Å². The van der Waals surface area contributed by atoms with Crippen LogP contribution >= 0.6 is 0 Å². The number of nitrogens with one attached hydrogen (secondary N) is 1. The molecular weight excluding hydrogens is 372 g/mol. The molecule has 2 aromatic heterocycles. The van der Waals surface area contributed by atoms with Crippen LogP contribution in [0.15, 0.2) is 60.9 Å². The van der Waals surface area contributed by atoms with Crippen molar-refractivity contribution in [2.75, 3.05) is 45.9 Å². The Hall–Kier alpha value is -2.21. The molecule has 156 valence electrons. The molecule has 0 amide bonds. The third-order valence-corrected chi connectivity index (χ3v) is 7.87. The van der Waals surface area contributed by atoms with Crippen molar-refractivity contribution in [2.24, 2.45) is 11.3 Å². The Morgan fingerprint density at radius 3 is 2.73 bits per heavy atom. The summed E-state index contributed by atoms with van der Waals surface area (Å²) >= 11 is 0. The maximum Gasteiger partial charge on any atom is 0.137 e. The summed E-state index contributed by atoms with van der Waals surface area (Å²) in [5.74, 6) is 0.678. The summed E-state index contributed by atoms with van der Waals surface area (Å²) in [5.41, 5.74) is 3.95. The summed E-state index contributed by atoms with van der Waals surface area (Å²) in [6.07, 6.45) is 6.57. The van der Waals surface area contributed by atoms with E-state index in [0.29, 0.717) is 11.3 Å². The number of piperidine rings is 1. The lowest BCUT2D eigenvalue weighted by Gasteiger charge is -2.44. The molecular formula is C25H30N4O. The molecule has 0 unspecified atom stereocenters. The molecule has 6 rings (SSSR count). The van der Waals surface area contributed by atoms with Crippen LogP contribution in [0.4, 0.5) is 0 Å². The first kappa shape index (κ1) is 18.6. The van der Waals surface area contributed by atoms with E-state index in [-0.39, 0.29) is 5.41 Å². The first-order chi connectivity index (χ1) is 14.8. The summed E-state index contributed by atoms with van der Waals surface area (Å²) in [7, 11) is 0. The third-order valence-electron chi connectivity index (χ3n) is 7.87. The van der Waals surface area contributed by atoms with Gasteiger partial charge in [-0.25, -0.2) is 4.98 Å². The second-order valence-corrected chi connectivity index (χ2v) is 9.52. The summed E-state index contributed by atoms with van der Waals surface area (Å²) in [6.45, 7) is 7.43. The van der Waals surface area contributed by atoms with Crippen LogP contribution in [0.1, 0.15) is 24.1 Å². The van der Waals surface area contributed by atoms with Crippen LogP contribution in [0.25, 0.3) is 5.65 Å². The van der Waals surface area contributed by atoms with E-state index in [4.69, 9.17) is 9.72 Å². The second-order valence-electron chi connectivity index (χ2n) is 9.52. The Morgan fingerprint density at radius 2 is 1.90 bits per heavy atom. The topological polar surface area (TPSA) is 41.8 Å².